The number of ether oxygens (including phenoxy) is 1. The van der Waals surface area contributed by atoms with E-state index in [-0.39, 0.29) is 11.8 Å². The number of likely N-dealkylation sites (tertiary alicyclic amines) is 2. The summed E-state index contributed by atoms with van der Waals surface area (Å²) in [5.74, 6) is 1.31. The third-order valence-electron chi connectivity index (χ3n) is 6.33. The molecule has 2 fully saturated rings. The van der Waals surface area contributed by atoms with Crippen molar-refractivity contribution in [1.29, 1.82) is 0 Å². The van der Waals surface area contributed by atoms with Gasteiger partial charge in [-0.3, -0.25) is 9.59 Å². The van der Waals surface area contributed by atoms with Crippen LogP contribution in [0.2, 0.25) is 0 Å². The van der Waals surface area contributed by atoms with Crippen molar-refractivity contribution in [2.24, 2.45) is 5.92 Å². The van der Waals surface area contributed by atoms with Crippen molar-refractivity contribution >= 4 is 11.8 Å². The summed E-state index contributed by atoms with van der Waals surface area (Å²) in [6.45, 7) is 5.84. The van der Waals surface area contributed by atoms with Crippen molar-refractivity contribution in [1.82, 2.24) is 9.80 Å². The number of nitrogens with zero attached hydrogens (tertiary/aromatic N) is 2. The first-order valence-corrected chi connectivity index (χ1v) is 11.5. The van der Waals surface area contributed by atoms with Crippen LogP contribution >= 0.6 is 0 Å². The number of carbonyl (C=O) groups excluding carboxylic acids is 2. The van der Waals surface area contributed by atoms with E-state index in [2.05, 4.69) is 0 Å². The molecule has 1 atom stereocenters. The number of carbonyl (C=O) groups is 2. The maximum Gasteiger partial charge on any atom is 0.253 e. The molecule has 0 spiro atoms. The second kappa shape index (κ2) is 9.99. The fourth-order valence-corrected chi connectivity index (χ4v) is 4.45. The third-order valence-corrected chi connectivity index (χ3v) is 6.33. The number of hydrogen-bond acceptors (Lipinski definition) is 3. The van der Waals surface area contributed by atoms with Crippen LogP contribution in [0.4, 0.5) is 0 Å². The molecule has 0 unspecified atom stereocenters. The fraction of sp³-hybridized carbons (Fsp3) is 0.462. The van der Waals surface area contributed by atoms with Crippen LogP contribution in [-0.4, -0.2) is 54.4 Å². The number of aryl methyl sites for hydroxylation is 1. The van der Waals surface area contributed by atoms with E-state index in [1.807, 2.05) is 65.3 Å². The maximum absolute atomic E-state index is 12.8. The van der Waals surface area contributed by atoms with Crippen LogP contribution in [0.15, 0.2) is 48.5 Å². The number of amides is 2. The summed E-state index contributed by atoms with van der Waals surface area (Å²) >= 11 is 0. The first kappa shape index (κ1) is 21.4. The molecule has 0 radical (unpaired) electrons. The molecule has 5 nitrogen and oxygen atoms in total. The Bertz CT molecular complexity index is 886. The van der Waals surface area contributed by atoms with Crippen LogP contribution in [0, 0.1) is 12.8 Å². The second-order valence-corrected chi connectivity index (χ2v) is 8.81. The Hall–Kier alpha value is -2.82. The number of hydrogen-bond donors (Lipinski definition) is 0. The van der Waals surface area contributed by atoms with Crippen LogP contribution in [0.1, 0.15) is 58.4 Å². The second-order valence-electron chi connectivity index (χ2n) is 8.81. The monoisotopic (exact) mass is 420 g/mol. The van der Waals surface area contributed by atoms with E-state index < -0.39 is 0 Å². The Labute approximate surface area is 185 Å². The van der Waals surface area contributed by atoms with Crippen LogP contribution in [0.5, 0.6) is 5.75 Å². The lowest BCUT2D eigenvalue weighted by atomic mass is 9.98. The van der Waals surface area contributed by atoms with E-state index in [0.29, 0.717) is 12.5 Å². The molecule has 2 aromatic rings. The summed E-state index contributed by atoms with van der Waals surface area (Å²) in [4.78, 5) is 29.3. The van der Waals surface area contributed by atoms with Crippen LogP contribution < -0.4 is 4.74 Å². The number of piperidine rings is 2. The average Bonchev–Trinajstić information content (AvgIpc) is 2.83. The van der Waals surface area contributed by atoms with E-state index in [9.17, 15) is 9.59 Å². The molecular weight excluding hydrogens is 388 g/mol. The van der Waals surface area contributed by atoms with Gasteiger partial charge >= 0.3 is 0 Å². The van der Waals surface area contributed by atoms with Gasteiger partial charge in [0.1, 0.15) is 5.75 Å². The van der Waals surface area contributed by atoms with Gasteiger partial charge in [0.25, 0.3) is 11.8 Å². The summed E-state index contributed by atoms with van der Waals surface area (Å²) in [6, 6.07) is 15.3. The summed E-state index contributed by atoms with van der Waals surface area (Å²) in [7, 11) is 0. The molecular formula is C26H32N2O3. The van der Waals surface area contributed by atoms with Crippen molar-refractivity contribution in [2.45, 2.75) is 39.0 Å². The zero-order valence-electron chi connectivity index (χ0n) is 18.4. The molecule has 31 heavy (non-hydrogen) atoms. The standard InChI is InChI=1S/C26H32N2O3/c1-20-7-9-22(10-8-20)26(30)28-17-5-6-21(18-28)19-31-24-13-11-23(12-14-24)25(29)27-15-3-2-4-16-27/h7-14,21H,2-6,15-19H2,1H3/t21-/m0/s1. The molecule has 5 heteroatoms. The molecule has 2 aliphatic rings. The normalized spacial score (nSPS) is 19.2. The topological polar surface area (TPSA) is 49.9 Å². The van der Waals surface area contributed by atoms with E-state index >= 15 is 0 Å². The van der Waals surface area contributed by atoms with Gasteiger partial charge < -0.3 is 14.5 Å². The Kier molecular flexibility index (Phi) is 6.90. The van der Waals surface area contributed by atoms with E-state index in [1.165, 1.54) is 6.42 Å². The molecule has 164 valence electrons. The molecule has 0 aromatic heterocycles. The molecule has 0 bridgehead atoms. The van der Waals surface area contributed by atoms with Crippen molar-refractivity contribution in [3.63, 3.8) is 0 Å². The molecule has 2 aromatic carbocycles. The lowest BCUT2D eigenvalue weighted by Crippen LogP contribution is -2.41. The first-order chi connectivity index (χ1) is 15.1. The quantitative estimate of drug-likeness (QED) is 0.713. The predicted octanol–water partition coefficient (Wildman–Crippen LogP) is 4.55. The van der Waals surface area contributed by atoms with Crippen LogP contribution in [0.3, 0.4) is 0 Å². The fourth-order valence-electron chi connectivity index (χ4n) is 4.45. The van der Waals surface area contributed by atoms with Gasteiger partial charge in [-0.1, -0.05) is 17.7 Å². The summed E-state index contributed by atoms with van der Waals surface area (Å²) < 4.78 is 6.01. The summed E-state index contributed by atoms with van der Waals surface area (Å²) in [5, 5.41) is 0. The lowest BCUT2D eigenvalue weighted by Gasteiger charge is -2.32. The summed E-state index contributed by atoms with van der Waals surface area (Å²) in [5.41, 5.74) is 2.63. The van der Waals surface area contributed by atoms with Gasteiger partial charge in [0.2, 0.25) is 0 Å². The minimum atomic E-state index is 0.102. The molecule has 2 heterocycles. The van der Waals surface area contributed by atoms with Gasteiger partial charge in [-0.15, -0.1) is 0 Å². The highest BCUT2D eigenvalue weighted by molar-refractivity contribution is 5.94. The minimum absolute atomic E-state index is 0.102. The Morgan fingerprint density at radius 2 is 1.39 bits per heavy atom. The van der Waals surface area contributed by atoms with Crippen LogP contribution in [-0.2, 0) is 0 Å². The minimum Gasteiger partial charge on any atom is -0.493 e. The molecule has 4 rings (SSSR count). The largest absolute Gasteiger partial charge is 0.493 e. The Balaban J connectivity index is 1.29. The zero-order chi connectivity index (χ0) is 21.6. The zero-order valence-corrected chi connectivity index (χ0v) is 18.4. The highest BCUT2D eigenvalue weighted by Crippen LogP contribution is 2.22. The smallest absolute Gasteiger partial charge is 0.253 e. The third kappa shape index (κ3) is 5.46. The molecule has 0 saturated carbocycles. The maximum atomic E-state index is 12.8. The van der Waals surface area contributed by atoms with Crippen LogP contribution in [0.25, 0.3) is 0 Å². The molecule has 0 aliphatic carbocycles. The van der Waals surface area contributed by atoms with Gasteiger partial charge in [-0.25, -0.2) is 0 Å². The van der Waals surface area contributed by atoms with Crippen molar-refractivity contribution in [3.05, 3.63) is 65.2 Å². The molecule has 2 amide bonds. The molecule has 2 aliphatic heterocycles. The Morgan fingerprint density at radius 1 is 0.806 bits per heavy atom. The predicted molar refractivity (Wildman–Crippen MR) is 121 cm³/mol. The van der Waals surface area contributed by atoms with Crippen molar-refractivity contribution in [2.75, 3.05) is 32.8 Å². The van der Waals surface area contributed by atoms with Gasteiger partial charge in [-0.05, 0) is 75.4 Å². The van der Waals surface area contributed by atoms with Gasteiger partial charge in [0.15, 0.2) is 0 Å². The summed E-state index contributed by atoms with van der Waals surface area (Å²) in [6.07, 6.45) is 5.46. The Morgan fingerprint density at radius 3 is 2.06 bits per heavy atom. The van der Waals surface area contributed by atoms with E-state index in [1.54, 1.807) is 0 Å². The van der Waals surface area contributed by atoms with E-state index in [4.69, 9.17) is 4.74 Å². The number of rotatable bonds is 5. The highest BCUT2D eigenvalue weighted by Gasteiger charge is 2.25. The van der Waals surface area contributed by atoms with Gasteiger partial charge in [-0.2, -0.15) is 0 Å². The van der Waals surface area contributed by atoms with Crippen molar-refractivity contribution in [3.8, 4) is 5.75 Å². The number of benzene rings is 2. The first-order valence-electron chi connectivity index (χ1n) is 11.5. The van der Waals surface area contributed by atoms with E-state index in [0.717, 1.165) is 74.3 Å². The van der Waals surface area contributed by atoms with Crippen molar-refractivity contribution < 1.29 is 14.3 Å². The molecule has 2 saturated heterocycles. The highest BCUT2D eigenvalue weighted by atomic mass is 16.5. The van der Waals surface area contributed by atoms with Gasteiger partial charge in [0, 0.05) is 43.2 Å². The molecule has 0 N–H and O–H groups in total. The SMILES string of the molecule is Cc1ccc(C(=O)N2CCC[C@H](COc3ccc(C(=O)N4CCCCC4)cc3)C2)cc1. The average molecular weight is 421 g/mol. The lowest BCUT2D eigenvalue weighted by molar-refractivity contribution is 0.0633. The van der Waals surface area contributed by atoms with Gasteiger partial charge in [0.05, 0.1) is 6.61 Å².